The highest BCUT2D eigenvalue weighted by Gasteiger charge is 2.12. The van der Waals surface area contributed by atoms with E-state index in [-0.39, 0.29) is 0 Å². The van der Waals surface area contributed by atoms with Gasteiger partial charge in [-0.15, -0.1) is 6.42 Å². The van der Waals surface area contributed by atoms with Crippen molar-refractivity contribution < 1.29 is 14.2 Å². The second-order valence-corrected chi connectivity index (χ2v) is 7.16. The maximum Gasteiger partial charge on any atom is 0.130 e. The van der Waals surface area contributed by atoms with Crippen molar-refractivity contribution in [1.82, 2.24) is 0 Å². The molecule has 1 aromatic carbocycles. The molecule has 1 aromatic rings. The molecule has 0 spiro atoms. The highest BCUT2D eigenvalue weighted by molar-refractivity contribution is 5.49. The lowest BCUT2D eigenvalue weighted by Crippen LogP contribution is -2.06. The molecule has 0 radical (unpaired) electrons. The fourth-order valence-electron chi connectivity index (χ4n) is 3.31. The number of unbranched alkanes of at least 4 members (excludes halogenated alkanes) is 9. The number of terminal acetylenes is 1. The predicted octanol–water partition coefficient (Wildman–Crippen LogP) is 6.26. The van der Waals surface area contributed by atoms with Gasteiger partial charge in [0, 0.05) is 30.9 Å². The molecule has 3 heteroatoms. The summed E-state index contributed by atoms with van der Waals surface area (Å²) in [7, 11) is 3.37. The van der Waals surface area contributed by atoms with Crippen molar-refractivity contribution in [3.8, 4) is 18.1 Å². The molecule has 152 valence electrons. The molecule has 0 bridgehead atoms. The summed E-state index contributed by atoms with van der Waals surface area (Å²) in [6.45, 7) is 3.96. The molecule has 27 heavy (non-hydrogen) atoms. The first-order chi connectivity index (χ1) is 13.3. The summed E-state index contributed by atoms with van der Waals surface area (Å²) in [5.74, 6) is 3.57. The number of rotatable bonds is 16. The SMILES string of the molecule is C#Cc1cc(COC)c(OCCCCCCCCCCCC)c(COC)c1. The highest BCUT2D eigenvalue weighted by Crippen LogP contribution is 2.28. The van der Waals surface area contributed by atoms with E-state index in [1.165, 1.54) is 57.8 Å². The number of hydrogen-bond donors (Lipinski definition) is 0. The van der Waals surface area contributed by atoms with E-state index in [4.69, 9.17) is 20.6 Å². The Morgan fingerprint density at radius 3 is 1.70 bits per heavy atom. The highest BCUT2D eigenvalue weighted by atomic mass is 16.5. The lowest BCUT2D eigenvalue weighted by Gasteiger charge is -2.16. The van der Waals surface area contributed by atoms with Crippen LogP contribution in [0.25, 0.3) is 0 Å². The summed E-state index contributed by atoms with van der Waals surface area (Å²) in [6.07, 6.45) is 18.8. The van der Waals surface area contributed by atoms with Gasteiger partial charge in [0.1, 0.15) is 5.75 Å². The van der Waals surface area contributed by atoms with E-state index < -0.39 is 0 Å². The number of hydrogen-bond acceptors (Lipinski definition) is 3. The van der Waals surface area contributed by atoms with E-state index in [1.807, 2.05) is 12.1 Å². The molecular weight excluding hydrogens is 336 g/mol. The van der Waals surface area contributed by atoms with Crippen LogP contribution in [0.5, 0.6) is 5.75 Å². The maximum atomic E-state index is 6.12. The van der Waals surface area contributed by atoms with Gasteiger partial charge in [0.05, 0.1) is 19.8 Å². The van der Waals surface area contributed by atoms with Crippen molar-refractivity contribution in [3.05, 3.63) is 28.8 Å². The number of benzene rings is 1. The standard InChI is InChI=1S/C24H38O3/c1-5-7-8-9-10-11-12-13-14-15-16-27-24-22(19-25-3)17-21(6-2)18-23(24)20-26-4/h2,17-18H,5,7-16,19-20H2,1,3-4H3. The molecule has 0 fully saturated rings. The van der Waals surface area contributed by atoms with Gasteiger partial charge in [-0.05, 0) is 18.6 Å². The van der Waals surface area contributed by atoms with Gasteiger partial charge in [0.2, 0.25) is 0 Å². The van der Waals surface area contributed by atoms with Crippen LogP contribution in [-0.4, -0.2) is 20.8 Å². The lowest BCUT2D eigenvalue weighted by atomic mass is 10.0. The van der Waals surface area contributed by atoms with Gasteiger partial charge >= 0.3 is 0 Å². The minimum Gasteiger partial charge on any atom is -0.493 e. The zero-order chi connectivity index (χ0) is 19.7. The first kappa shape index (κ1) is 23.5. The third-order valence-corrected chi connectivity index (χ3v) is 4.75. The zero-order valence-corrected chi connectivity index (χ0v) is 17.6. The quantitative estimate of drug-likeness (QED) is 0.252. The van der Waals surface area contributed by atoms with Crippen molar-refractivity contribution in [2.24, 2.45) is 0 Å². The van der Waals surface area contributed by atoms with Crippen LogP contribution in [0.2, 0.25) is 0 Å². The fraction of sp³-hybridized carbons (Fsp3) is 0.667. The molecule has 0 atom stereocenters. The third kappa shape index (κ3) is 9.84. The number of ether oxygens (including phenoxy) is 3. The molecular formula is C24H38O3. The van der Waals surface area contributed by atoms with Crippen molar-refractivity contribution in [2.75, 3.05) is 20.8 Å². The van der Waals surface area contributed by atoms with Crippen LogP contribution in [0.15, 0.2) is 12.1 Å². The van der Waals surface area contributed by atoms with Crippen LogP contribution in [0.4, 0.5) is 0 Å². The smallest absolute Gasteiger partial charge is 0.130 e. The van der Waals surface area contributed by atoms with Crippen molar-refractivity contribution >= 4 is 0 Å². The first-order valence-corrected chi connectivity index (χ1v) is 10.5. The largest absolute Gasteiger partial charge is 0.493 e. The van der Waals surface area contributed by atoms with Crippen LogP contribution in [0.3, 0.4) is 0 Å². The summed E-state index contributed by atoms with van der Waals surface area (Å²) in [6, 6.07) is 3.94. The van der Waals surface area contributed by atoms with Gasteiger partial charge in [-0.25, -0.2) is 0 Å². The molecule has 1 rings (SSSR count). The van der Waals surface area contributed by atoms with E-state index in [0.717, 1.165) is 35.5 Å². The summed E-state index contributed by atoms with van der Waals surface area (Å²) in [5, 5.41) is 0. The minimum atomic E-state index is 0.486. The average Bonchev–Trinajstić information content (AvgIpc) is 2.67. The lowest BCUT2D eigenvalue weighted by molar-refractivity contribution is 0.170. The van der Waals surface area contributed by atoms with Crippen LogP contribution in [-0.2, 0) is 22.7 Å². The van der Waals surface area contributed by atoms with E-state index in [0.29, 0.717) is 13.2 Å². The van der Waals surface area contributed by atoms with Gasteiger partial charge in [0.15, 0.2) is 0 Å². The Balaban J connectivity index is 2.37. The van der Waals surface area contributed by atoms with E-state index in [1.54, 1.807) is 14.2 Å². The van der Waals surface area contributed by atoms with Gasteiger partial charge in [-0.1, -0.05) is 70.6 Å². The Bertz CT molecular complexity index is 518. The first-order valence-electron chi connectivity index (χ1n) is 10.5. The summed E-state index contributed by atoms with van der Waals surface area (Å²) >= 11 is 0. The molecule has 0 aromatic heterocycles. The normalized spacial score (nSPS) is 10.7. The molecule has 3 nitrogen and oxygen atoms in total. The Kier molecular flexibility index (Phi) is 13.6. The Morgan fingerprint density at radius 1 is 0.778 bits per heavy atom. The van der Waals surface area contributed by atoms with Crippen molar-refractivity contribution in [3.63, 3.8) is 0 Å². The topological polar surface area (TPSA) is 27.7 Å². The second-order valence-electron chi connectivity index (χ2n) is 7.16. The number of methoxy groups -OCH3 is 2. The van der Waals surface area contributed by atoms with Crippen LogP contribution >= 0.6 is 0 Å². The van der Waals surface area contributed by atoms with Gasteiger partial charge in [0.25, 0.3) is 0 Å². The summed E-state index contributed by atoms with van der Waals surface area (Å²) in [4.78, 5) is 0. The molecule has 0 saturated heterocycles. The molecule has 0 amide bonds. The van der Waals surface area contributed by atoms with Crippen molar-refractivity contribution in [1.29, 1.82) is 0 Å². The van der Waals surface area contributed by atoms with E-state index in [9.17, 15) is 0 Å². The Hall–Kier alpha value is -1.50. The summed E-state index contributed by atoms with van der Waals surface area (Å²) in [5.41, 5.74) is 2.82. The molecule has 0 unspecified atom stereocenters. The van der Waals surface area contributed by atoms with E-state index >= 15 is 0 Å². The minimum absolute atomic E-state index is 0.486. The fourth-order valence-corrected chi connectivity index (χ4v) is 3.31. The molecule has 0 saturated carbocycles. The van der Waals surface area contributed by atoms with Crippen LogP contribution in [0.1, 0.15) is 87.8 Å². The van der Waals surface area contributed by atoms with Gasteiger partial charge < -0.3 is 14.2 Å². The average molecular weight is 375 g/mol. The van der Waals surface area contributed by atoms with Crippen LogP contribution < -0.4 is 4.74 Å². The second kappa shape index (κ2) is 15.5. The van der Waals surface area contributed by atoms with Gasteiger partial charge in [-0.3, -0.25) is 0 Å². The molecule has 0 N–H and O–H groups in total. The monoisotopic (exact) mass is 374 g/mol. The zero-order valence-electron chi connectivity index (χ0n) is 17.6. The van der Waals surface area contributed by atoms with Gasteiger partial charge in [-0.2, -0.15) is 0 Å². The van der Waals surface area contributed by atoms with Crippen LogP contribution in [0, 0.1) is 12.3 Å². The molecule has 0 aliphatic rings. The molecule has 0 aliphatic carbocycles. The van der Waals surface area contributed by atoms with Crippen molar-refractivity contribution in [2.45, 2.75) is 84.3 Å². The third-order valence-electron chi connectivity index (χ3n) is 4.75. The van der Waals surface area contributed by atoms with E-state index in [2.05, 4.69) is 12.8 Å². The maximum absolute atomic E-state index is 6.12. The predicted molar refractivity (Wildman–Crippen MR) is 113 cm³/mol. The Labute approximate surface area is 166 Å². The summed E-state index contributed by atoms with van der Waals surface area (Å²) < 4.78 is 16.8. The molecule has 0 heterocycles. The Morgan fingerprint density at radius 2 is 1.26 bits per heavy atom. The molecule has 0 aliphatic heterocycles.